The highest BCUT2D eigenvalue weighted by Gasteiger charge is 2.33. The van der Waals surface area contributed by atoms with Gasteiger partial charge in [0.05, 0.1) is 35.9 Å². The molecule has 9 heteroatoms. The Morgan fingerprint density at radius 3 is 2.57 bits per heavy atom. The number of hydrogen-bond acceptors (Lipinski definition) is 5. The van der Waals surface area contributed by atoms with Gasteiger partial charge in [-0.15, -0.1) is 0 Å². The maximum absolute atomic E-state index is 12.6. The number of aryl methyl sites for hydroxylation is 4. The van der Waals surface area contributed by atoms with Gasteiger partial charge in [0.15, 0.2) is 0 Å². The number of carbonyl (C=O) groups excluding carboxylic acids is 1. The van der Waals surface area contributed by atoms with Crippen molar-refractivity contribution in [1.29, 1.82) is 0 Å². The maximum Gasteiger partial charge on any atom is 0.414 e. The zero-order chi connectivity index (χ0) is 24.7. The molecule has 186 valence electrons. The number of methoxy groups -OCH3 is 1. The number of fused-ring (bicyclic) bond motifs is 3. The van der Waals surface area contributed by atoms with Crippen LogP contribution in [0.5, 0.6) is 0 Å². The number of carboxylic acids is 1. The van der Waals surface area contributed by atoms with Gasteiger partial charge >= 0.3 is 12.1 Å². The van der Waals surface area contributed by atoms with Crippen LogP contribution in [0.15, 0.2) is 24.5 Å². The minimum atomic E-state index is -0.693. The number of amides is 1. The second-order valence-corrected chi connectivity index (χ2v) is 9.92. The summed E-state index contributed by atoms with van der Waals surface area (Å²) in [6, 6.07) is 4.38. The molecule has 1 fully saturated rings. The number of hydrogen-bond donors (Lipinski definition) is 1. The minimum absolute atomic E-state index is 0.0610. The van der Waals surface area contributed by atoms with E-state index in [2.05, 4.69) is 15.7 Å². The van der Waals surface area contributed by atoms with Gasteiger partial charge in [0.1, 0.15) is 5.82 Å². The van der Waals surface area contributed by atoms with Gasteiger partial charge in [-0.25, -0.2) is 9.78 Å². The van der Waals surface area contributed by atoms with Crippen LogP contribution in [0.4, 0.5) is 10.5 Å². The van der Waals surface area contributed by atoms with Gasteiger partial charge in [-0.3, -0.25) is 14.4 Å². The van der Waals surface area contributed by atoms with Crippen molar-refractivity contribution < 1.29 is 19.4 Å². The van der Waals surface area contributed by atoms with Crippen LogP contribution in [0.3, 0.4) is 0 Å². The highest BCUT2D eigenvalue weighted by atomic mass is 16.5. The van der Waals surface area contributed by atoms with Crippen LogP contribution in [0, 0.1) is 5.92 Å². The number of benzene rings is 1. The predicted molar refractivity (Wildman–Crippen MR) is 132 cm³/mol. The zero-order valence-electron chi connectivity index (χ0n) is 20.6. The lowest BCUT2D eigenvalue weighted by Crippen LogP contribution is -2.42. The SMILES string of the molecule is COC(=O)N1c2ccc3c(nc(CCc4cnn(C)c4)n3C3CCC(C(=O)O)CC3)c2CCC1C. The summed E-state index contributed by atoms with van der Waals surface area (Å²) in [6.45, 7) is 2.04. The summed E-state index contributed by atoms with van der Waals surface area (Å²) >= 11 is 0. The van der Waals surface area contributed by atoms with Gasteiger partial charge < -0.3 is 14.4 Å². The van der Waals surface area contributed by atoms with Crippen molar-refractivity contribution in [2.24, 2.45) is 13.0 Å². The second-order valence-electron chi connectivity index (χ2n) is 9.92. The van der Waals surface area contributed by atoms with E-state index in [1.165, 1.54) is 7.11 Å². The quantitative estimate of drug-likeness (QED) is 0.586. The second kappa shape index (κ2) is 9.36. The van der Waals surface area contributed by atoms with Crippen molar-refractivity contribution in [3.8, 4) is 0 Å². The minimum Gasteiger partial charge on any atom is -0.481 e. The number of ether oxygens (including phenoxy) is 1. The Bertz CT molecular complexity index is 1250. The summed E-state index contributed by atoms with van der Waals surface area (Å²) in [5, 5.41) is 13.8. The Kier molecular flexibility index (Phi) is 6.25. The molecule has 2 aliphatic rings. The summed E-state index contributed by atoms with van der Waals surface area (Å²) in [5.41, 5.74) is 5.15. The first-order chi connectivity index (χ1) is 16.9. The van der Waals surface area contributed by atoms with Crippen molar-refractivity contribution in [3.63, 3.8) is 0 Å². The fourth-order valence-electron chi connectivity index (χ4n) is 5.84. The molecule has 0 spiro atoms. The number of aliphatic carboxylic acids is 1. The average Bonchev–Trinajstić information content (AvgIpc) is 3.45. The van der Waals surface area contributed by atoms with Crippen LogP contribution in [-0.4, -0.2) is 49.7 Å². The maximum atomic E-state index is 12.6. The van der Waals surface area contributed by atoms with Crippen molar-refractivity contribution in [2.45, 2.75) is 70.4 Å². The fraction of sp³-hybridized carbons (Fsp3) is 0.538. The molecule has 1 aromatic carbocycles. The van der Waals surface area contributed by atoms with Crippen LogP contribution in [0.2, 0.25) is 0 Å². The highest BCUT2D eigenvalue weighted by Crippen LogP contribution is 2.40. The number of rotatable bonds is 5. The molecule has 3 aromatic rings. The summed E-state index contributed by atoms with van der Waals surface area (Å²) in [7, 11) is 3.33. The number of aromatic nitrogens is 4. The Labute approximate surface area is 204 Å². The molecule has 1 atom stereocenters. The summed E-state index contributed by atoms with van der Waals surface area (Å²) in [5.74, 6) is 0.0591. The lowest BCUT2D eigenvalue weighted by Gasteiger charge is -2.34. The van der Waals surface area contributed by atoms with Gasteiger partial charge in [0.25, 0.3) is 0 Å². The van der Waals surface area contributed by atoms with Crippen molar-refractivity contribution in [2.75, 3.05) is 12.0 Å². The fourth-order valence-corrected chi connectivity index (χ4v) is 5.84. The molecule has 1 N–H and O–H groups in total. The summed E-state index contributed by atoms with van der Waals surface area (Å²) < 4.78 is 9.24. The topological polar surface area (TPSA) is 102 Å². The molecule has 1 aliphatic heterocycles. The van der Waals surface area contributed by atoms with E-state index in [-0.39, 0.29) is 24.1 Å². The van der Waals surface area contributed by atoms with E-state index < -0.39 is 5.97 Å². The molecule has 35 heavy (non-hydrogen) atoms. The highest BCUT2D eigenvalue weighted by molar-refractivity contribution is 5.95. The molecule has 1 unspecified atom stereocenters. The average molecular weight is 480 g/mol. The van der Waals surface area contributed by atoms with Crippen LogP contribution in [-0.2, 0) is 35.8 Å². The van der Waals surface area contributed by atoms with Gasteiger partial charge in [-0.1, -0.05) is 0 Å². The first-order valence-corrected chi connectivity index (χ1v) is 12.5. The third-order valence-corrected chi connectivity index (χ3v) is 7.71. The molecule has 0 radical (unpaired) electrons. The summed E-state index contributed by atoms with van der Waals surface area (Å²) in [4.78, 5) is 31.0. The van der Waals surface area contributed by atoms with Gasteiger partial charge in [-0.2, -0.15) is 5.10 Å². The van der Waals surface area contributed by atoms with Crippen molar-refractivity contribution in [3.05, 3.63) is 41.5 Å². The smallest absolute Gasteiger partial charge is 0.414 e. The third-order valence-electron chi connectivity index (χ3n) is 7.71. The number of carboxylic acid groups (broad SMARTS) is 1. The first-order valence-electron chi connectivity index (χ1n) is 12.5. The molecule has 9 nitrogen and oxygen atoms in total. The van der Waals surface area contributed by atoms with Crippen LogP contribution >= 0.6 is 0 Å². The first kappa shape index (κ1) is 23.4. The Hall–Kier alpha value is -3.36. The third kappa shape index (κ3) is 4.28. The number of carbonyl (C=O) groups is 2. The molecule has 1 saturated carbocycles. The lowest BCUT2D eigenvalue weighted by atomic mass is 9.85. The number of imidazole rings is 1. The molecule has 0 saturated heterocycles. The molecule has 0 bridgehead atoms. The Morgan fingerprint density at radius 1 is 1.14 bits per heavy atom. The summed E-state index contributed by atoms with van der Waals surface area (Å²) in [6.07, 6.45) is 9.89. The van der Waals surface area contributed by atoms with Crippen LogP contribution in [0.1, 0.15) is 62.0 Å². The number of anilines is 1. The molecule has 1 amide bonds. The van der Waals surface area contributed by atoms with E-state index in [1.54, 1.807) is 4.90 Å². The standard InChI is InChI=1S/C26H33N5O4/c1-16-4-10-20-21(30(16)26(34)35-3)11-12-22-24(20)28-23(13-5-17-14-27-29(2)15-17)31(22)19-8-6-18(7-9-19)25(32)33/h11-12,14-16,18-19H,4-10,13H2,1-3H3,(H,32,33). The Balaban J connectivity index is 1.56. The molecular weight excluding hydrogens is 446 g/mol. The van der Waals surface area contributed by atoms with E-state index in [4.69, 9.17) is 9.72 Å². The zero-order valence-corrected chi connectivity index (χ0v) is 20.6. The largest absolute Gasteiger partial charge is 0.481 e. The van der Waals surface area contributed by atoms with E-state index in [1.807, 2.05) is 37.1 Å². The lowest BCUT2D eigenvalue weighted by molar-refractivity contribution is -0.143. The molecule has 3 heterocycles. The monoisotopic (exact) mass is 479 g/mol. The van der Waals surface area contributed by atoms with Crippen LogP contribution < -0.4 is 4.90 Å². The van der Waals surface area contributed by atoms with Gasteiger partial charge in [0, 0.05) is 37.3 Å². The van der Waals surface area contributed by atoms with Crippen LogP contribution in [0.25, 0.3) is 11.0 Å². The number of nitrogens with zero attached hydrogens (tertiary/aromatic N) is 5. The van der Waals surface area contributed by atoms with Gasteiger partial charge in [-0.05, 0) is 69.6 Å². The Morgan fingerprint density at radius 2 is 1.91 bits per heavy atom. The molecular formula is C26H33N5O4. The predicted octanol–water partition coefficient (Wildman–Crippen LogP) is 4.28. The van der Waals surface area contributed by atoms with Gasteiger partial charge in [0.2, 0.25) is 0 Å². The normalized spacial score (nSPS) is 22.3. The van der Waals surface area contributed by atoms with E-state index in [9.17, 15) is 14.7 Å². The molecule has 2 aromatic heterocycles. The van der Waals surface area contributed by atoms with E-state index in [0.717, 1.165) is 72.2 Å². The van der Waals surface area contributed by atoms with Crippen molar-refractivity contribution >= 4 is 28.8 Å². The van der Waals surface area contributed by atoms with E-state index >= 15 is 0 Å². The molecule has 1 aliphatic carbocycles. The van der Waals surface area contributed by atoms with Crippen molar-refractivity contribution in [1.82, 2.24) is 19.3 Å². The molecule has 5 rings (SSSR count). The van der Waals surface area contributed by atoms with E-state index in [0.29, 0.717) is 12.8 Å².